The van der Waals surface area contributed by atoms with Crippen molar-refractivity contribution in [3.63, 3.8) is 0 Å². The van der Waals surface area contributed by atoms with Crippen LogP contribution in [0.1, 0.15) is 17.2 Å². The molecule has 2 aromatic carbocycles. The van der Waals surface area contributed by atoms with Crippen molar-refractivity contribution in [2.75, 3.05) is 4.90 Å². The second kappa shape index (κ2) is 7.48. The summed E-state index contributed by atoms with van der Waals surface area (Å²) in [5.41, 5.74) is 0.562. The number of carbonyl (C=O) groups excluding carboxylic acids is 2. The Hall–Kier alpha value is -3.51. The molecular formula is C22H14ClFN2O3. The number of benzene rings is 2. The fourth-order valence-electron chi connectivity index (χ4n) is 3.36. The first-order valence-electron chi connectivity index (χ1n) is 8.70. The van der Waals surface area contributed by atoms with E-state index in [0.717, 1.165) is 0 Å². The van der Waals surface area contributed by atoms with Gasteiger partial charge in [0.2, 0.25) is 0 Å². The molecule has 0 spiro atoms. The van der Waals surface area contributed by atoms with Crippen LogP contribution in [-0.4, -0.2) is 21.8 Å². The second-order valence-electron chi connectivity index (χ2n) is 6.40. The standard InChI is InChI=1S/C22H14ClFN2O3/c23-14-5-7-15(8-6-14)26-19(16-3-1-2-4-17(16)24)18(21(28)22(26)29)20(27)13-9-11-25-12-10-13/h1-12,19,27H/b20-18-. The Labute approximate surface area is 170 Å². The molecule has 0 radical (unpaired) electrons. The smallest absolute Gasteiger partial charge is 0.300 e. The SMILES string of the molecule is O=C1C(=O)N(c2ccc(Cl)cc2)C(c2ccccc2F)/C1=C(/O)c1ccncc1. The van der Waals surface area contributed by atoms with Gasteiger partial charge in [-0.1, -0.05) is 29.8 Å². The van der Waals surface area contributed by atoms with Crippen molar-refractivity contribution in [1.82, 2.24) is 4.98 Å². The van der Waals surface area contributed by atoms with Gasteiger partial charge < -0.3 is 5.11 Å². The zero-order chi connectivity index (χ0) is 20.5. The van der Waals surface area contributed by atoms with Crippen molar-refractivity contribution in [3.05, 3.63) is 101 Å². The Balaban J connectivity index is 1.97. The van der Waals surface area contributed by atoms with E-state index < -0.39 is 29.3 Å². The summed E-state index contributed by atoms with van der Waals surface area (Å²) >= 11 is 5.94. The normalized spacial score (nSPS) is 18.3. The molecule has 1 amide bonds. The first-order valence-corrected chi connectivity index (χ1v) is 9.08. The Morgan fingerprint density at radius 2 is 1.66 bits per heavy atom. The molecule has 1 aromatic heterocycles. The molecule has 144 valence electrons. The third-order valence-electron chi connectivity index (χ3n) is 4.70. The molecule has 0 saturated carbocycles. The Morgan fingerprint density at radius 1 is 1.00 bits per heavy atom. The minimum absolute atomic E-state index is 0.0947. The number of ketones is 1. The maximum Gasteiger partial charge on any atom is 0.300 e. The molecule has 1 N–H and O–H groups in total. The van der Waals surface area contributed by atoms with Crippen molar-refractivity contribution in [2.45, 2.75) is 6.04 Å². The van der Waals surface area contributed by atoms with Crippen LogP contribution in [0.15, 0.2) is 78.6 Å². The number of halogens is 2. The van der Waals surface area contributed by atoms with Crippen molar-refractivity contribution in [2.24, 2.45) is 0 Å². The monoisotopic (exact) mass is 408 g/mol. The van der Waals surface area contributed by atoms with E-state index in [2.05, 4.69) is 4.98 Å². The van der Waals surface area contributed by atoms with Gasteiger partial charge >= 0.3 is 0 Å². The lowest BCUT2D eigenvalue weighted by Crippen LogP contribution is -2.29. The van der Waals surface area contributed by atoms with Crippen LogP contribution in [0.5, 0.6) is 0 Å². The molecule has 1 saturated heterocycles. The highest BCUT2D eigenvalue weighted by molar-refractivity contribution is 6.51. The summed E-state index contributed by atoms with van der Waals surface area (Å²) in [4.78, 5) is 30.8. The number of rotatable bonds is 3. The molecule has 1 aliphatic rings. The summed E-state index contributed by atoms with van der Waals surface area (Å²) in [6, 6.07) is 14.0. The van der Waals surface area contributed by atoms with Gasteiger partial charge in [-0.25, -0.2) is 4.39 Å². The number of anilines is 1. The van der Waals surface area contributed by atoms with E-state index in [9.17, 15) is 19.1 Å². The van der Waals surface area contributed by atoms with Crippen molar-refractivity contribution < 1.29 is 19.1 Å². The van der Waals surface area contributed by atoms with E-state index in [-0.39, 0.29) is 11.1 Å². The van der Waals surface area contributed by atoms with E-state index >= 15 is 0 Å². The largest absolute Gasteiger partial charge is 0.507 e. The fraction of sp³-hybridized carbons (Fsp3) is 0.0455. The summed E-state index contributed by atoms with van der Waals surface area (Å²) in [6.45, 7) is 0. The van der Waals surface area contributed by atoms with E-state index in [4.69, 9.17) is 11.6 Å². The molecule has 4 rings (SSSR count). The highest BCUT2D eigenvalue weighted by Gasteiger charge is 2.47. The van der Waals surface area contributed by atoms with Gasteiger partial charge in [-0.3, -0.25) is 19.5 Å². The molecule has 1 unspecified atom stereocenters. The number of amides is 1. The van der Waals surface area contributed by atoms with E-state index in [0.29, 0.717) is 16.3 Å². The fourth-order valence-corrected chi connectivity index (χ4v) is 3.48. The highest BCUT2D eigenvalue weighted by Crippen LogP contribution is 2.42. The van der Waals surface area contributed by atoms with Crippen molar-refractivity contribution in [3.8, 4) is 0 Å². The zero-order valence-corrected chi connectivity index (χ0v) is 15.7. The summed E-state index contributed by atoms with van der Waals surface area (Å²) in [6.07, 6.45) is 2.89. The third-order valence-corrected chi connectivity index (χ3v) is 4.95. The van der Waals surface area contributed by atoms with Crippen LogP contribution >= 0.6 is 11.6 Å². The molecule has 7 heteroatoms. The quantitative estimate of drug-likeness (QED) is 0.393. The molecule has 1 aliphatic heterocycles. The lowest BCUT2D eigenvalue weighted by atomic mass is 9.95. The molecule has 29 heavy (non-hydrogen) atoms. The number of aliphatic hydroxyl groups is 1. The third kappa shape index (κ3) is 3.28. The zero-order valence-electron chi connectivity index (χ0n) is 14.9. The van der Waals surface area contributed by atoms with Gasteiger partial charge in [-0.15, -0.1) is 0 Å². The topological polar surface area (TPSA) is 70.5 Å². The molecule has 2 heterocycles. The number of hydrogen-bond acceptors (Lipinski definition) is 4. The van der Waals surface area contributed by atoms with Crippen LogP contribution in [0.25, 0.3) is 5.76 Å². The van der Waals surface area contributed by atoms with Gasteiger partial charge in [0.15, 0.2) is 0 Å². The number of aromatic nitrogens is 1. The lowest BCUT2D eigenvalue weighted by molar-refractivity contribution is -0.132. The van der Waals surface area contributed by atoms with Crippen LogP contribution in [0.4, 0.5) is 10.1 Å². The van der Waals surface area contributed by atoms with E-state index in [1.807, 2.05) is 0 Å². The average molecular weight is 409 g/mol. The van der Waals surface area contributed by atoms with Gasteiger partial charge in [0, 0.05) is 34.2 Å². The average Bonchev–Trinajstić information content (AvgIpc) is 3.00. The van der Waals surface area contributed by atoms with Crippen LogP contribution in [0.3, 0.4) is 0 Å². The molecule has 5 nitrogen and oxygen atoms in total. The number of Topliss-reactive ketones (excluding diaryl/α,β-unsaturated/α-hetero) is 1. The Kier molecular flexibility index (Phi) is 4.86. The van der Waals surface area contributed by atoms with Gasteiger partial charge in [0.05, 0.1) is 11.6 Å². The van der Waals surface area contributed by atoms with Crippen molar-refractivity contribution in [1.29, 1.82) is 0 Å². The summed E-state index contributed by atoms with van der Waals surface area (Å²) in [5.74, 6) is -2.76. The minimum atomic E-state index is -1.13. The van der Waals surface area contributed by atoms with Crippen LogP contribution in [0.2, 0.25) is 5.02 Å². The minimum Gasteiger partial charge on any atom is -0.507 e. The number of pyridine rings is 1. The second-order valence-corrected chi connectivity index (χ2v) is 6.84. The predicted octanol–water partition coefficient (Wildman–Crippen LogP) is 4.50. The van der Waals surface area contributed by atoms with Gasteiger partial charge in [-0.2, -0.15) is 0 Å². The van der Waals surface area contributed by atoms with E-state index in [1.165, 1.54) is 47.6 Å². The Morgan fingerprint density at radius 3 is 2.31 bits per heavy atom. The molecule has 3 aromatic rings. The van der Waals surface area contributed by atoms with Crippen LogP contribution in [0, 0.1) is 5.82 Å². The van der Waals surface area contributed by atoms with Gasteiger partial charge in [-0.05, 0) is 42.5 Å². The van der Waals surface area contributed by atoms with Crippen LogP contribution in [-0.2, 0) is 9.59 Å². The predicted molar refractivity (Wildman–Crippen MR) is 107 cm³/mol. The number of nitrogens with zero attached hydrogens (tertiary/aromatic N) is 2. The van der Waals surface area contributed by atoms with Crippen LogP contribution < -0.4 is 4.90 Å². The van der Waals surface area contributed by atoms with Crippen molar-refractivity contribution >= 4 is 34.7 Å². The number of carbonyl (C=O) groups is 2. The molecule has 1 atom stereocenters. The molecule has 0 bridgehead atoms. The molecule has 1 fully saturated rings. The van der Waals surface area contributed by atoms with Gasteiger partial charge in [0.25, 0.3) is 11.7 Å². The Bertz CT molecular complexity index is 1130. The highest BCUT2D eigenvalue weighted by atomic mass is 35.5. The summed E-state index contributed by atoms with van der Waals surface area (Å²) in [5, 5.41) is 11.3. The van der Waals surface area contributed by atoms with E-state index in [1.54, 1.807) is 30.3 Å². The lowest BCUT2D eigenvalue weighted by Gasteiger charge is -2.25. The maximum absolute atomic E-state index is 14.7. The maximum atomic E-state index is 14.7. The number of hydrogen-bond donors (Lipinski definition) is 1. The van der Waals surface area contributed by atoms with Gasteiger partial charge in [0.1, 0.15) is 11.6 Å². The summed E-state index contributed by atoms with van der Waals surface area (Å²) in [7, 11) is 0. The molecular weight excluding hydrogens is 395 g/mol. The molecule has 0 aliphatic carbocycles. The summed E-state index contributed by atoms with van der Waals surface area (Å²) < 4.78 is 14.7. The number of aliphatic hydroxyl groups excluding tert-OH is 1. The first kappa shape index (κ1) is 18.8. The first-order chi connectivity index (χ1) is 14.0.